The number of carbonyl (C=O) groups excluding carboxylic acids is 2. The molecule has 148 valence electrons. The van der Waals surface area contributed by atoms with E-state index < -0.39 is 12.1 Å². The third-order valence-electron chi connectivity index (χ3n) is 5.73. The van der Waals surface area contributed by atoms with Gasteiger partial charge in [0.25, 0.3) is 5.91 Å². The van der Waals surface area contributed by atoms with E-state index in [9.17, 15) is 9.59 Å². The van der Waals surface area contributed by atoms with Crippen LogP contribution in [0.25, 0.3) is 0 Å². The zero-order valence-corrected chi connectivity index (χ0v) is 17.9. The predicted molar refractivity (Wildman–Crippen MR) is 113 cm³/mol. The van der Waals surface area contributed by atoms with Gasteiger partial charge in [-0.1, -0.05) is 38.8 Å². The average Bonchev–Trinajstić information content (AvgIpc) is 3.20. The average molecular weight is 408 g/mol. The van der Waals surface area contributed by atoms with Crippen LogP contribution in [0.3, 0.4) is 0 Å². The monoisotopic (exact) mass is 407 g/mol. The van der Waals surface area contributed by atoms with E-state index in [0.29, 0.717) is 22.0 Å². The Morgan fingerprint density at radius 3 is 2.44 bits per heavy atom. The molecule has 1 heterocycles. The Bertz CT molecular complexity index is 658. The molecule has 6 heteroatoms. The molecule has 1 aliphatic carbocycles. The number of thioether (sulfide) groups is 2. The van der Waals surface area contributed by atoms with Gasteiger partial charge in [0.05, 0.1) is 10.1 Å². The van der Waals surface area contributed by atoms with E-state index in [4.69, 9.17) is 4.74 Å². The van der Waals surface area contributed by atoms with E-state index in [-0.39, 0.29) is 11.9 Å². The number of benzene rings is 1. The number of carbonyl (C=O) groups is 2. The summed E-state index contributed by atoms with van der Waals surface area (Å²) < 4.78 is 5.86. The van der Waals surface area contributed by atoms with E-state index in [1.807, 2.05) is 35.7 Å². The van der Waals surface area contributed by atoms with Crippen molar-refractivity contribution < 1.29 is 14.3 Å². The fourth-order valence-corrected chi connectivity index (χ4v) is 6.55. The molecule has 4 atom stereocenters. The summed E-state index contributed by atoms with van der Waals surface area (Å²) in [6.45, 7) is 6.07. The molecule has 1 aromatic carbocycles. The molecule has 3 rings (SSSR count). The second kappa shape index (κ2) is 9.37. The Hall–Kier alpha value is -1.14. The molecule has 2 aliphatic rings. The molecule has 1 aromatic rings. The fraction of sp³-hybridized carbons (Fsp3) is 0.619. The highest BCUT2D eigenvalue weighted by atomic mass is 32.2. The van der Waals surface area contributed by atoms with Crippen molar-refractivity contribution in [3.63, 3.8) is 0 Å². The topological polar surface area (TPSA) is 55.4 Å². The van der Waals surface area contributed by atoms with Gasteiger partial charge in [0.1, 0.15) is 0 Å². The summed E-state index contributed by atoms with van der Waals surface area (Å²) in [6, 6.07) is 7.74. The zero-order valence-electron chi connectivity index (χ0n) is 16.3. The Balaban J connectivity index is 1.52. The van der Waals surface area contributed by atoms with Crippen molar-refractivity contribution in [2.24, 2.45) is 11.8 Å². The number of esters is 1. The first kappa shape index (κ1) is 20.6. The minimum Gasteiger partial charge on any atom is -0.449 e. The number of hydrogen-bond donors (Lipinski definition) is 1. The van der Waals surface area contributed by atoms with Gasteiger partial charge in [-0.15, -0.1) is 23.5 Å². The first-order valence-electron chi connectivity index (χ1n) is 9.80. The standard InChI is InChI=1S/C21H29NO3S2/c1-13-5-4-6-18(14(13)2)22-19(23)15(3)25-20(24)16-7-9-17(10-8-16)21-26-11-12-27-21/h7-10,13-15,18,21H,4-6,11-12H2,1-3H3,(H,22,23)/t13-,14+,15+,18+/m0/s1. The summed E-state index contributed by atoms with van der Waals surface area (Å²) >= 11 is 3.87. The Morgan fingerprint density at radius 1 is 1.11 bits per heavy atom. The van der Waals surface area contributed by atoms with Crippen LogP contribution in [-0.4, -0.2) is 35.5 Å². The van der Waals surface area contributed by atoms with Crippen molar-refractivity contribution in [1.29, 1.82) is 0 Å². The molecule has 0 spiro atoms. The molecule has 27 heavy (non-hydrogen) atoms. The highest BCUT2D eigenvalue weighted by molar-refractivity contribution is 8.19. The Labute approximate surface area is 170 Å². The molecule has 1 saturated heterocycles. The van der Waals surface area contributed by atoms with E-state index in [2.05, 4.69) is 19.2 Å². The molecule has 1 aliphatic heterocycles. The Morgan fingerprint density at radius 2 is 1.78 bits per heavy atom. The summed E-state index contributed by atoms with van der Waals surface area (Å²) in [5.74, 6) is 2.75. The van der Waals surface area contributed by atoms with Crippen LogP contribution < -0.4 is 5.32 Å². The highest BCUT2D eigenvalue weighted by Crippen LogP contribution is 2.45. The van der Waals surface area contributed by atoms with Crippen LogP contribution in [0.1, 0.15) is 60.5 Å². The highest BCUT2D eigenvalue weighted by Gasteiger charge is 2.30. The van der Waals surface area contributed by atoms with Gasteiger partial charge in [-0.2, -0.15) is 0 Å². The lowest BCUT2D eigenvalue weighted by Gasteiger charge is -2.35. The van der Waals surface area contributed by atoms with E-state index in [1.54, 1.807) is 19.1 Å². The summed E-state index contributed by atoms with van der Waals surface area (Å²) in [5, 5.41) is 3.08. The van der Waals surface area contributed by atoms with Crippen LogP contribution in [-0.2, 0) is 9.53 Å². The van der Waals surface area contributed by atoms with Crippen LogP contribution in [0.15, 0.2) is 24.3 Å². The summed E-state index contributed by atoms with van der Waals surface area (Å²) in [7, 11) is 0. The zero-order chi connectivity index (χ0) is 19.4. The number of nitrogens with one attached hydrogen (secondary N) is 1. The fourth-order valence-electron chi connectivity index (χ4n) is 3.70. The van der Waals surface area contributed by atoms with Crippen LogP contribution in [0.2, 0.25) is 0 Å². The predicted octanol–water partition coefficient (Wildman–Crippen LogP) is 4.65. The molecule has 1 amide bonds. The van der Waals surface area contributed by atoms with Gasteiger partial charge in [-0.3, -0.25) is 4.79 Å². The molecule has 0 radical (unpaired) electrons. The molecule has 0 unspecified atom stereocenters. The van der Waals surface area contributed by atoms with E-state index in [0.717, 1.165) is 12.8 Å². The Kier molecular flexibility index (Phi) is 7.15. The second-order valence-electron chi connectivity index (χ2n) is 7.63. The molecular weight excluding hydrogens is 378 g/mol. The van der Waals surface area contributed by atoms with Gasteiger partial charge in [-0.25, -0.2) is 4.79 Å². The van der Waals surface area contributed by atoms with Gasteiger partial charge in [-0.05, 0) is 42.9 Å². The third-order valence-corrected chi connectivity index (χ3v) is 8.83. The maximum Gasteiger partial charge on any atom is 0.338 e. The van der Waals surface area contributed by atoms with Gasteiger partial charge < -0.3 is 10.1 Å². The van der Waals surface area contributed by atoms with Gasteiger partial charge in [0.2, 0.25) is 0 Å². The molecule has 4 nitrogen and oxygen atoms in total. The van der Waals surface area contributed by atoms with E-state index in [1.165, 1.54) is 23.5 Å². The van der Waals surface area contributed by atoms with Crippen LogP contribution in [0, 0.1) is 11.8 Å². The van der Waals surface area contributed by atoms with Gasteiger partial charge in [0.15, 0.2) is 6.10 Å². The van der Waals surface area contributed by atoms with Gasteiger partial charge in [0, 0.05) is 17.5 Å². The van der Waals surface area contributed by atoms with Crippen molar-refractivity contribution >= 4 is 35.4 Å². The molecule has 2 fully saturated rings. The molecule has 1 N–H and O–H groups in total. The summed E-state index contributed by atoms with van der Waals surface area (Å²) in [6.07, 6.45) is 2.55. The molecule has 0 bridgehead atoms. The molecule has 0 aromatic heterocycles. The molecular formula is C21H29NO3S2. The number of ether oxygens (including phenoxy) is 1. The largest absolute Gasteiger partial charge is 0.449 e. The summed E-state index contributed by atoms with van der Waals surface area (Å²) in [5.41, 5.74) is 1.72. The van der Waals surface area contributed by atoms with Crippen molar-refractivity contribution in [2.45, 2.75) is 56.8 Å². The van der Waals surface area contributed by atoms with Crippen LogP contribution >= 0.6 is 23.5 Å². The maximum absolute atomic E-state index is 12.5. The van der Waals surface area contributed by atoms with Crippen molar-refractivity contribution in [1.82, 2.24) is 5.32 Å². The quantitative estimate of drug-likeness (QED) is 0.720. The van der Waals surface area contributed by atoms with Crippen LogP contribution in [0.5, 0.6) is 0 Å². The normalized spacial score (nSPS) is 27.1. The number of rotatable bonds is 5. The number of amides is 1. The van der Waals surface area contributed by atoms with Crippen molar-refractivity contribution in [3.8, 4) is 0 Å². The van der Waals surface area contributed by atoms with Crippen molar-refractivity contribution in [3.05, 3.63) is 35.4 Å². The minimum atomic E-state index is -0.789. The van der Waals surface area contributed by atoms with E-state index >= 15 is 0 Å². The smallest absolute Gasteiger partial charge is 0.338 e. The molecule has 1 saturated carbocycles. The lowest BCUT2D eigenvalue weighted by Crippen LogP contribution is -2.47. The first-order chi connectivity index (χ1) is 13.0. The second-order valence-corrected chi connectivity index (χ2v) is 10.3. The maximum atomic E-state index is 12.5. The van der Waals surface area contributed by atoms with Crippen molar-refractivity contribution in [2.75, 3.05) is 11.5 Å². The van der Waals surface area contributed by atoms with Crippen LogP contribution in [0.4, 0.5) is 0 Å². The minimum absolute atomic E-state index is 0.170. The number of hydrogen-bond acceptors (Lipinski definition) is 5. The SMILES string of the molecule is C[C@@H]1[C@@H](C)CCC[C@H]1NC(=O)[C@@H](C)OC(=O)c1ccc(C2SCCS2)cc1. The lowest BCUT2D eigenvalue weighted by molar-refractivity contribution is -0.130. The van der Waals surface area contributed by atoms with Gasteiger partial charge >= 0.3 is 5.97 Å². The summed E-state index contributed by atoms with van der Waals surface area (Å²) in [4.78, 5) is 24.9. The first-order valence-corrected chi connectivity index (χ1v) is 11.9. The lowest BCUT2D eigenvalue weighted by atomic mass is 9.78. The third kappa shape index (κ3) is 5.23.